The average molecular weight is 589 g/mol. The van der Waals surface area contributed by atoms with Gasteiger partial charge in [-0.15, -0.1) is 0 Å². The Morgan fingerprint density at radius 3 is 2.21 bits per heavy atom. The molecule has 1 saturated heterocycles. The fourth-order valence-electron chi connectivity index (χ4n) is 4.35. The fraction of sp³-hybridized carbons (Fsp3) is 0.500. The van der Waals surface area contributed by atoms with E-state index in [2.05, 4.69) is 26.3 Å². The van der Waals surface area contributed by atoms with Gasteiger partial charge in [0, 0.05) is 19.5 Å². The molecule has 1 aliphatic rings. The van der Waals surface area contributed by atoms with Crippen LogP contribution in [-0.4, -0.2) is 97.2 Å². The van der Waals surface area contributed by atoms with Gasteiger partial charge in [-0.2, -0.15) is 0 Å². The van der Waals surface area contributed by atoms with Crippen molar-refractivity contribution in [1.29, 1.82) is 0 Å². The Labute approximate surface area is 243 Å². The van der Waals surface area contributed by atoms with Crippen molar-refractivity contribution >= 4 is 41.4 Å². The Kier molecular flexibility index (Phi) is 13.7. The molecule has 12 N–H and O–H groups in total. The number of rotatable bonds is 16. The van der Waals surface area contributed by atoms with Crippen molar-refractivity contribution in [3.63, 3.8) is 0 Å². The molecule has 0 aliphatic carbocycles. The molecule has 0 bridgehead atoms. The van der Waals surface area contributed by atoms with Crippen LogP contribution >= 0.6 is 0 Å². The second kappa shape index (κ2) is 17.2. The highest BCUT2D eigenvalue weighted by molar-refractivity contribution is 5.95. The normalized spacial score (nSPS) is 15.5. The molecule has 42 heavy (non-hydrogen) atoms. The first kappa shape index (κ1) is 33.5. The zero-order chi connectivity index (χ0) is 31.1. The number of hydrogen-bond donors (Lipinski definition) is 8. The molecule has 16 heteroatoms. The maximum atomic E-state index is 13.7. The van der Waals surface area contributed by atoms with Gasteiger partial charge in [0.25, 0.3) is 0 Å². The Morgan fingerprint density at radius 1 is 0.905 bits per heavy atom. The van der Waals surface area contributed by atoms with Gasteiger partial charge in [0.2, 0.25) is 35.4 Å². The van der Waals surface area contributed by atoms with E-state index < -0.39 is 60.1 Å². The van der Waals surface area contributed by atoms with Gasteiger partial charge >= 0.3 is 0 Å². The number of nitrogens with zero attached hydrogens (tertiary/aromatic N) is 2. The molecule has 3 atom stereocenters. The lowest BCUT2D eigenvalue weighted by atomic mass is 10.0. The third-order valence-corrected chi connectivity index (χ3v) is 6.44. The molecular formula is C26H40N10O6. The smallest absolute Gasteiger partial charge is 0.246 e. The van der Waals surface area contributed by atoms with Crippen LogP contribution in [0.5, 0.6) is 0 Å². The summed E-state index contributed by atoms with van der Waals surface area (Å²) in [5.74, 6) is -3.64. The number of carbonyl (C=O) groups excluding carboxylic acids is 6. The van der Waals surface area contributed by atoms with Crippen LogP contribution in [-0.2, 0) is 35.2 Å². The molecule has 6 amide bonds. The van der Waals surface area contributed by atoms with E-state index in [9.17, 15) is 28.8 Å². The molecule has 1 aromatic rings. The Hall–Kier alpha value is -4.73. The summed E-state index contributed by atoms with van der Waals surface area (Å²) in [5, 5.41) is 9.92. The summed E-state index contributed by atoms with van der Waals surface area (Å²) < 4.78 is 0. The summed E-state index contributed by atoms with van der Waals surface area (Å²) in [7, 11) is 0. The molecule has 0 spiro atoms. The second-order valence-electron chi connectivity index (χ2n) is 9.67. The van der Waals surface area contributed by atoms with Crippen LogP contribution in [0.25, 0.3) is 0 Å². The number of carbonyl (C=O) groups is 6. The van der Waals surface area contributed by atoms with Crippen LogP contribution in [0.15, 0.2) is 35.3 Å². The van der Waals surface area contributed by atoms with Crippen molar-refractivity contribution in [2.45, 2.75) is 50.2 Å². The SMILES string of the molecule is NCC(=O)NCC(=O)NCC(=O)N[C@H](Cc1ccccc1)C(=O)N1CCC[C@H]1C(=O)N[C@@H](CCCN=C(N)N)C(N)=O. The molecule has 1 aromatic carbocycles. The monoisotopic (exact) mass is 588 g/mol. The highest BCUT2D eigenvalue weighted by Gasteiger charge is 2.38. The van der Waals surface area contributed by atoms with Gasteiger partial charge in [0.15, 0.2) is 5.96 Å². The summed E-state index contributed by atoms with van der Waals surface area (Å²) in [6, 6.07) is 6.07. The summed E-state index contributed by atoms with van der Waals surface area (Å²) in [6.45, 7) is -0.572. The highest BCUT2D eigenvalue weighted by Crippen LogP contribution is 2.20. The number of hydrogen-bond acceptors (Lipinski definition) is 8. The van der Waals surface area contributed by atoms with E-state index in [0.29, 0.717) is 19.3 Å². The number of benzene rings is 1. The number of likely N-dealkylation sites (tertiary alicyclic amines) is 1. The van der Waals surface area contributed by atoms with Crippen molar-refractivity contribution in [2.75, 3.05) is 32.7 Å². The maximum Gasteiger partial charge on any atom is 0.246 e. The minimum Gasteiger partial charge on any atom is -0.370 e. The molecule has 0 aromatic heterocycles. The van der Waals surface area contributed by atoms with E-state index >= 15 is 0 Å². The average Bonchev–Trinajstić information content (AvgIpc) is 3.46. The van der Waals surface area contributed by atoms with E-state index in [0.717, 1.165) is 5.56 Å². The second-order valence-corrected chi connectivity index (χ2v) is 9.67. The van der Waals surface area contributed by atoms with Crippen molar-refractivity contribution in [1.82, 2.24) is 26.2 Å². The molecule has 1 fully saturated rings. The largest absolute Gasteiger partial charge is 0.370 e. The lowest BCUT2D eigenvalue weighted by Gasteiger charge is -2.29. The Balaban J connectivity index is 2.08. The zero-order valence-electron chi connectivity index (χ0n) is 23.3. The van der Waals surface area contributed by atoms with Crippen LogP contribution in [0.1, 0.15) is 31.2 Å². The van der Waals surface area contributed by atoms with E-state index in [1.54, 1.807) is 24.3 Å². The molecule has 0 unspecified atom stereocenters. The molecule has 0 radical (unpaired) electrons. The Bertz CT molecular complexity index is 1140. The van der Waals surface area contributed by atoms with Gasteiger partial charge < -0.3 is 49.1 Å². The minimum absolute atomic E-state index is 0.0923. The van der Waals surface area contributed by atoms with Crippen LogP contribution in [0, 0.1) is 0 Å². The van der Waals surface area contributed by atoms with Crippen molar-refractivity contribution in [3.05, 3.63) is 35.9 Å². The standard InChI is InChI=1S/C26H40N10O6/c27-13-20(37)32-14-21(38)33-15-22(39)34-18(12-16-6-2-1-3-7-16)25(42)36-11-5-9-19(36)24(41)35-17(23(28)40)8-4-10-31-26(29)30/h1-3,6-7,17-19H,4-5,8-15,27H2,(H2,28,40)(H,32,37)(H,33,38)(H,34,39)(H,35,41)(H4,29,30,31)/t17-,18+,19-/m0/s1. The van der Waals surface area contributed by atoms with E-state index in [4.69, 9.17) is 22.9 Å². The third-order valence-electron chi connectivity index (χ3n) is 6.44. The van der Waals surface area contributed by atoms with Crippen LogP contribution in [0.3, 0.4) is 0 Å². The van der Waals surface area contributed by atoms with Crippen molar-refractivity contribution in [3.8, 4) is 0 Å². The van der Waals surface area contributed by atoms with E-state index in [1.165, 1.54) is 4.90 Å². The van der Waals surface area contributed by atoms with Crippen LogP contribution in [0.4, 0.5) is 0 Å². The predicted molar refractivity (Wildman–Crippen MR) is 153 cm³/mol. The quantitative estimate of drug-likeness (QED) is 0.0529. The first-order valence-corrected chi connectivity index (χ1v) is 13.5. The molecular weight excluding hydrogens is 548 g/mol. The summed E-state index contributed by atoms with van der Waals surface area (Å²) in [4.78, 5) is 79.9. The number of aliphatic imine (C=N–C) groups is 1. The van der Waals surface area contributed by atoms with Gasteiger partial charge in [-0.1, -0.05) is 30.3 Å². The molecule has 16 nitrogen and oxygen atoms in total. The third kappa shape index (κ3) is 11.4. The number of guanidine groups is 1. The van der Waals surface area contributed by atoms with E-state index in [-0.39, 0.29) is 45.0 Å². The van der Waals surface area contributed by atoms with Gasteiger partial charge in [0.05, 0.1) is 19.6 Å². The molecule has 230 valence electrons. The fourth-order valence-corrected chi connectivity index (χ4v) is 4.35. The van der Waals surface area contributed by atoms with Crippen molar-refractivity contribution in [2.24, 2.45) is 27.9 Å². The summed E-state index contributed by atoms with van der Waals surface area (Å²) in [5.41, 5.74) is 22.0. The summed E-state index contributed by atoms with van der Waals surface area (Å²) >= 11 is 0. The predicted octanol–water partition coefficient (Wildman–Crippen LogP) is -4.08. The highest BCUT2D eigenvalue weighted by atomic mass is 16.2. The topological polar surface area (TPSA) is 270 Å². The van der Waals surface area contributed by atoms with Gasteiger partial charge in [-0.05, 0) is 31.2 Å². The maximum absolute atomic E-state index is 13.7. The van der Waals surface area contributed by atoms with E-state index in [1.807, 2.05) is 6.07 Å². The minimum atomic E-state index is -1.05. The van der Waals surface area contributed by atoms with Crippen molar-refractivity contribution < 1.29 is 28.8 Å². The van der Waals surface area contributed by atoms with Gasteiger partial charge in [-0.25, -0.2) is 0 Å². The lowest BCUT2D eigenvalue weighted by molar-refractivity contribution is -0.142. The molecule has 0 saturated carbocycles. The number of nitrogens with two attached hydrogens (primary N) is 4. The van der Waals surface area contributed by atoms with Gasteiger partial charge in [0.1, 0.15) is 18.1 Å². The van der Waals surface area contributed by atoms with Gasteiger partial charge in [-0.3, -0.25) is 33.8 Å². The Morgan fingerprint density at radius 2 is 1.57 bits per heavy atom. The first-order chi connectivity index (χ1) is 20.0. The molecule has 2 rings (SSSR count). The first-order valence-electron chi connectivity index (χ1n) is 13.5. The number of nitrogens with one attached hydrogen (secondary N) is 4. The van der Waals surface area contributed by atoms with Crippen LogP contribution in [0.2, 0.25) is 0 Å². The lowest BCUT2D eigenvalue weighted by Crippen LogP contribution is -2.57. The van der Waals surface area contributed by atoms with Crippen LogP contribution < -0.4 is 44.2 Å². The summed E-state index contributed by atoms with van der Waals surface area (Å²) in [6.07, 6.45) is 1.61. The molecule has 1 heterocycles. The number of amides is 6. The molecule has 1 aliphatic heterocycles. The zero-order valence-corrected chi connectivity index (χ0v) is 23.3. The number of primary amides is 1.